The van der Waals surface area contributed by atoms with Gasteiger partial charge in [0.1, 0.15) is 5.69 Å². The first-order chi connectivity index (χ1) is 13.2. The summed E-state index contributed by atoms with van der Waals surface area (Å²) in [6.45, 7) is 3.38. The van der Waals surface area contributed by atoms with Gasteiger partial charge in [0.05, 0.1) is 26.1 Å². The third-order valence-corrected chi connectivity index (χ3v) is 5.44. The van der Waals surface area contributed by atoms with Gasteiger partial charge in [-0.2, -0.15) is 0 Å². The molecule has 1 aromatic heterocycles. The number of hydrogen-bond donors (Lipinski definition) is 0. The van der Waals surface area contributed by atoms with E-state index in [9.17, 15) is 4.79 Å². The molecular formula is C21H25N3O3. The van der Waals surface area contributed by atoms with Crippen molar-refractivity contribution in [2.45, 2.75) is 25.8 Å². The highest BCUT2D eigenvalue weighted by molar-refractivity contribution is 5.92. The Labute approximate surface area is 159 Å². The largest absolute Gasteiger partial charge is 0.493 e. The van der Waals surface area contributed by atoms with Crippen molar-refractivity contribution in [3.8, 4) is 11.5 Å². The van der Waals surface area contributed by atoms with Crippen LogP contribution >= 0.6 is 0 Å². The average molecular weight is 367 g/mol. The smallest absolute Gasteiger partial charge is 0.272 e. The number of fused-ring (bicyclic) bond motifs is 1. The molecule has 0 bridgehead atoms. The van der Waals surface area contributed by atoms with E-state index in [-0.39, 0.29) is 5.91 Å². The van der Waals surface area contributed by atoms with Crippen molar-refractivity contribution in [1.82, 2.24) is 9.88 Å². The van der Waals surface area contributed by atoms with Gasteiger partial charge in [-0.3, -0.25) is 4.79 Å². The molecule has 6 nitrogen and oxygen atoms in total. The van der Waals surface area contributed by atoms with Gasteiger partial charge >= 0.3 is 0 Å². The third kappa shape index (κ3) is 3.44. The number of hydrogen-bond acceptors (Lipinski definition) is 5. The van der Waals surface area contributed by atoms with Crippen LogP contribution in [0.25, 0.3) is 0 Å². The molecule has 142 valence electrons. The summed E-state index contributed by atoms with van der Waals surface area (Å²) in [7, 11) is 3.27. The summed E-state index contributed by atoms with van der Waals surface area (Å²) in [5.74, 6) is 1.40. The monoisotopic (exact) mass is 367 g/mol. The molecule has 0 N–H and O–H groups in total. The molecule has 1 aromatic carbocycles. The van der Waals surface area contributed by atoms with E-state index in [1.54, 1.807) is 14.2 Å². The number of carbonyl (C=O) groups is 1. The summed E-state index contributed by atoms with van der Waals surface area (Å²) in [4.78, 5) is 21.5. The van der Waals surface area contributed by atoms with Crippen LogP contribution in [0.5, 0.6) is 11.5 Å². The Morgan fingerprint density at radius 2 is 1.70 bits per heavy atom. The number of benzene rings is 1. The fourth-order valence-corrected chi connectivity index (χ4v) is 3.89. The maximum atomic E-state index is 12.9. The Hall–Kier alpha value is -2.76. The molecule has 6 heteroatoms. The molecule has 1 amide bonds. The number of amides is 1. The van der Waals surface area contributed by atoms with Gasteiger partial charge in [-0.05, 0) is 54.7 Å². The SMILES string of the molecule is COc1cc2c(cc1OC)CN(C(=O)c1ccc(N3CCCC3)cn1)CC2. The number of carbonyl (C=O) groups excluding carboxylic acids is 1. The molecule has 0 aliphatic carbocycles. The Morgan fingerprint density at radius 1 is 1.00 bits per heavy atom. The van der Waals surface area contributed by atoms with Crippen LogP contribution in [-0.2, 0) is 13.0 Å². The third-order valence-electron chi connectivity index (χ3n) is 5.44. The number of rotatable bonds is 4. The summed E-state index contributed by atoms with van der Waals surface area (Å²) in [5.41, 5.74) is 3.90. The minimum atomic E-state index is -0.0246. The lowest BCUT2D eigenvalue weighted by atomic mass is 9.98. The van der Waals surface area contributed by atoms with Gasteiger partial charge in [-0.1, -0.05) is 0 Å². The highest BCUT2D eigenvalue weighted by Crippen LogP contribution is 2.33. The average Bonchev–Trinajstić information content (AvgIpc) is 3.26. The zero-order chi connectivity index (χ0) is 18.8. The van der Waals surface area contributed by atoms with Crippen molar-refractivity contribution in [1.29, 1.82) is 0 Å². The summed E-state index contributed by atoms with van der Waals surface area (Å²) >= 11 is 0. The van der Waals surface area contributed by atoms with Gasteiger partial charge in [-0.15, -0.1) is 0 Å². The van der Waals surface area contributed by atoms with Crippen molar-refractivity contribution in [2.75, 3.05) is 38.8 Å². The Kier molecular flexibility index (Phi) is 4.88. The number of pyridine rings is 1. The van der Waals surface area contributed by atoms with Crippen LogP contribution in [0, 0.1) is 0 Å². The van der Waals surface area contributed by atoms with Gasteiger partial charge < -0.3 is 19.3 Å². The number of ether oxygens (including phenoxy) is 2. The minimum absolute atomic E-state index is 0.0246. The summed E-state index contributed by atoms with van der Waals surface area (Å²) in [5, 5.41) is 0. The highest BCUT2D eigenvalue weighted by Gasteiger charge is 2.24. The van der Waals surface area contributed by atoms with Crippen molar-refractivity contribution in [3.05, 3.63) is 47.3 Å². The predicted molar refractivity (Wildman–Crippen MR) is 104 cm³/mol. The first-order valence-electron chi connectivity index (χ1n) is 9.43. The van der Waals surface area contributed by atoms with E-state index >= 15 is 0 Å². The van der Waals surface area contributed by atoms with Crippen LogP contribution in [0.1, 0.15) is 34.5 Å². The van der Waals surface area contributed by atoms with Gasteiger partial charge in [0.25, 0.3) is 5.91 Å². The molecule has 1 saturated heterocycles. The fourth-order valence-electron chi connectivity index (χ4n) is 3.89. The van der Waals surface area contributed by atoms with Crippen LogP contribution in [-0.4, -0.2) is 49.6 Å². The van der Waals surface area contributed by atoms with Crippen LogP contribution in [0.15, 0.2) is 30.5 Å². The van der Waals surface area contributed by atoms with Gasteiger partial charge in [0, 0.05) is 26.2 Å². The van der Waals surface area contributed by atoms with Crippen LogP contribution < -0.4 is 14.4 Å². The van der Waals surface area contributed by atoms with E-state index < -0.39 is 0 Å². The summed E-state index contributed by atoms with van der Waals surface area (Å²) in [6.07, 6.45) is 5.07. The highest BCUT2D eigenvalue weighted by atomic mass is 16.5. The molecule has 2 aromatic rings. The molecule has 0 radical (unpaired) electrons. The van der Waals surface area contributed by atoms with Gasteiger partial charge in [0.2, 0.25) is 0 Å². The van der Waals surface area contributed by atoms with Gasteiger partial charge in [0.15, 0.2) is 11.5 Å². The molecule has 0 spiro atoms. The lowest BCUT2D eigenvalue weighted by Gasteiger charge is -2.29. The first kappa shape index (κ1) is 17.6. The second-order valence-electron chi connectivity index (χ2n) is 7.05. The van der Waals surface area contributed by atoms with Crippen LogP contribution in [0.3, 0.4) is 0 Å². The predicted octanol–water partition coefficient (Wildman–Crippen LogP) is 2.90. The summed E-state index contributed by atoms with van der Waals surface area (Å²) in [6, 6.07) is 7.84. The molecule has 3 heterocycles. The minimum Gasteiger partial charge on any atom is -0.493 e. The maximum absolute atomic E-state index is 12.9. The molecule has 4 rings (SSSR count). The summed E-state index contributed by atoms with van der Waals surface area (Å²) < 4.78 is 10.8. The molecule has 0 saturated carbocycles. The van der Waals surface area contributed by atoms with Crippen LogP contribution in [0.4, 0.5) is 5.69 Å². The lowest BCUT2D eigenvalue weighted by Crippen LogP contribution is -2.36. The van der Waals surface area contributed by atoms with E-state index in [1.165, 1.54) is 18.4 Å². The maximum Gasteiger partial charge on any atom is 0.272 e. The molecule has 27 heavy (non-hydrogen) atoms. The number of anilines is 1. The van der Waals surface area contributed by atoms with Crippen molar-refractivity contribution in [2.24, 2.45) is 0 Å². The normalized spacial score (nSPS) is 16.2. The lowest BCUT2D eigenvalue weighted by molar-refractivity contribution is 0.0728. The molecule has 1 fully saturated rings. The molecule has 0 unspecified atom stereocenters. The zero-order valence-corrected chi connectivity index (χ0v) is 15.9. The van der Waals surface area contributed by atoms with Crippen molar-refractivity contribution >= 4 is 11.6 Å². The molecule has 2 aliphatic heterocycles. The van der Waals surface area contributed by atoms with Crippen molar-refractivity contribution < 1.29 is 14.3 Å². The van der Waals surface area contributed by atoms with E-state index in [1.807, 2.05) is 35.4 Å². The van der Waals surface area contributed by atoms with Crippen molar-refractivity contribution in [3.63, 3.8) is 0 Å². The van der Waals surface area contributed by atoms with Crippen LogP contribution in [0.2, 0.25) is 0 Å². The Balaban J connectivity index is 1.50. The standard InChI is InChI=1S/C21H25N3O3/c1-26-19-11-15-7-10-24(14-16(15)12-20(19)27-2)21(25)18-6-5-17(13-22-18)23-8-3-4-9-23/h5-6,11-13H,3-4,7-10,14H2,1-2H3. The topological polar surface area (TPSA) is 54.9 Å². The molecular weight excluding hydrogens is 342 g/mol. The molecule has 2 aliphatic rings. The zero-order valence-electron chi connectivity index (χ0n) is 15.9. The van der Waals surface area contributed by atoms with E-state index in [0.29, 0.717) is 24.5 Å². The number of aromatic nitrogens is 1. The Bertz CT molecular complexity index is 829. The Morgan fingerprint density at radius 3 is 2.33 bits per heavy atom. The van der Waals surface area contributed by atoms with E-state index in [4.69, 9.17) is 9.47 Å². The quantitative estimate of drug-likeness (QED) is 0.832. The second-order valence-corrected chi connectivity index (χ2v) is 7.05. The van der Waals surface area contributed by atoms with E-state index in [2.05, 4.69) is 9.88 Å². The molecule has 0 atom stereocenters. The van der Waals surface area contributed by atoms with E-state index in [0.717, 1.165) is 36.5 Å². The fraction of sp³-hybridized carbons (Fsp3) is 0.429. The first-order valence-corrected chi connectivity index (χ1v) is 9.43. The number of methoxy groups -OCH3 is 2. The van der Waals surface area contributed by atoms with Gasteiger partial charge in [-0.25, -0.2) is 4.98 Å². The number of nitrogens with zero attached hydrogens (tertiary/aromatic N) is 3. The second kappa shape index (κ2) is 7.47.